The van der Waals surface area contributed by atoms with Crippen LogP contribution in [0.15, 0.2) is 30.5 Å². The van der Waals surface area contributed by atoms with Crippen LogP contribution in [0.25, 0.3) is 0 Å². The van der Waals surface area contributed by atoms with Gasteiger partial charge in [0.1, 0.15) is 5.75 Å². The minimum Gasteiger partial charge on any atom is -0.497 e. The van der Waals surface area contributed by atoms with Crippen LogP contribution in [0.1, 0.15) is 47.8 Å². The van der Waals surface area contributed by atoms with Crippen LogP contribution in [0, 0.1) is 0 Å². The summed E-state index contributed by atoms with van der Waals surface area (Å²) in [5.41, 5.74) is 1.90. The van der Waals surface area contributed by atoms with Crippen molar-refractivity contribution in [1.29, 1.82) is 0 Å². The predicted molar refractivity (Wildman–Crippen MR) is 112 cm³/mol. The van der Waals surface area contributed by atoms with Crippen LogP contribution in [0.5, 0.6) is 5.75 Å². The van der Waals surface area contributed by atoms with Crippen LogP contribution in [-0.4, -0.2) is 70.4 Å². The maximum Gasteiger partial charge on any atom is 0.257 e. The second kappa shape index (κ2) is 9.41. The molecule has 1 aromatic heterocycles. The molecule has 7 nitrogen and oxygen atoms in total. The smallest absolute Gasteiger partial charge is 0.257 e. The Balaban J connectivity index is 1.57. The third-order valence-corrected chi connectivity index (χ3v) is 5.68. The van der Waals surface area contributed by atoms with Crippen LogP contribution >= 0.6 is 0 Å². The number of aliphatic hydroxyl groups is 1. The maximum atomic E-state index is 12.9. The Morgan fingerprint density at radius 3 is 2.76 bits per heavy atom. The highest BCUT2D eigenvalue weighted by atomic mass is 16.5. The molecule has 3 rings (SSSR count). The number of carbonyl (C=O) groups is 1. The van der Waals surface area contributed by atoms with Crippen molar-refractivity contribution in [2.75, 3.05) is 33.8 Å². The summed E-state index contributed by atoms with van der Waals surface area (Å²) in [6.45, 7) is 4.55. The zero-order valence-corrected chi connectivity index (χ0v) is 17.6. The highest BCUT2D eigenvalue weighted by Crippen LogP contribution is 2.25. The van der Waals surface area contributed by atoms with E-state index < -0.39 is 5.60 Å². The Labute approximate surface area is 172 Å². The molecule has 1 aromatic carbocycles. The largest absolute Gasteiger partial charge is 0.497 e. The number of hydrogen-bond donors (Lipinski definition) is 2. The summed E-state index contributed by atoms with van der Waals surface area (Å²) in [6, 6.07) is 7.99. The summed E-state index contributed by atoms with van der Waals surface area (Å²) in [7, 11) is 3.68. The van der Waals surface area contributed by atoms with Crippen molar-refractivity contribution in [2.45, 2.75) is 44.8 Å². The van der Waals surface area contributed by atoms with Gasteiger partial charge >= 0.3 is 0 Å². The lowest BCUT2D eigenvalue weighted by molar-refractivity contribution is -0.00401. The first-order valence-corrected chi connectivity index (χ1v) is 10.3. The second-order valence-corrected chi connectivity index (χ2v) is 8.01. The van der Waals surface area contributed by atoms with Crippen LogP contribution in [0.2, 0.25) is 0 Å². The number of hydrogen-bond acceptors (Lipinski definition) is 5. The molecule has 0 saturated carbocycles. The van der Waals surface area contributed by atoms with Crippen LogP contribution in [0.3, 0.4) is 0 Å². The molecule has 2 heterocycles. The SMILES string of the molecule is CCc1[nH]ncc1C(=O)N1CCC[C@](O)(CN(C)Cc2ccc(OC)cc2)CC1. The molecule has 7 heteroatoms. The second-order valence-electron chi connectivity index (χ2n) is 8.01. The van der Waals surface area contributed by atoms with Gasteiger partial charge in [0, 0.05) is 31.9 Å². The molecule has 2 N–H and O–H groups in total. The zero-order chi connectivity index (χ0) is 20.9. The fraction of sp³-hybridized carbons (Fsp3) is 0.545. The van der Waals surface area contributed by atoms with Crippen molar-refractivity contribution in [3.05, 3.63) is 47.3 Å². The number of aromatic nitrogens is 2. The monoisotopic (exact) mass is 400 g/mol. The van der Waals surface area contributed by atoms with Crippen molar-refractivity contribution >= 4 is 5.91 Å². The van der Waals surface area contributed by atoms with Gasteiger partial charge in [-0.05, 0) is 50.4 Å². The van der Waals surface area contributed by atoms with Gasteiger partial charge in [-0.15, -0.1) is 0 Å². The molecule has 1 fully saturated rings. The highest BCUT2D eigenvalue weighted by Gasteiger charge is 2.33. The molecule has 2 aromatic rings. The van der Waals surface area contributed by atoms with Crippen LogP contribution in [0.4, 0.5) is 0 Å². The molecule has 1 aliphatic heterocycles. The quantitative estimate of drug-likeness (QED) is 0.746. The van der Waals surface area contributed by atoms with Gasteiger partial charge in [-0.1, -0.05) is 19.1 Å². The Morgan fingerprint density at radius 1 is 1.31 bits per heavy atom. The van der Waals surface area contributed by atoms with Gasteiger partial charge in [-0.3, -0.25) is 14.8 Å². The van der Waals surface area contributed by atoms with E-state index >= 15 is 0 Å². The van der Waals surface area contributed by atoms with Crippen LogP contribution in [-0.2, 0) is 13.0 Å². The van der Waals surface area contributed by atoms with Crippen LogP contribution < -0.4 is 4.74 Å². The number of H-pyrrole nitrogens is 1. The Bertz CT molecular complexity index is 805. The average Bonchev–Trinajstić information content (AvgIpc) is 3.11. The van der Waals surface area contributed by atoms with E-state index in [-0.39, 0.29) is 5.91 Å². The lowest BCUT2D eigenvalue weighted by atomic mass is 9.94. The van der Waals surface area contributed by atoms with Crippen molar-refractivity contribution in [3.63, 3.8) is 0 Å². The molecule has 0 bridgehead atoms. The van der Waals surface area contributed by atoms with Crippen molar-refractivity contribution in [3.8, 4) is 5.75 Å². The number of ether oxygens (including phenoxy) is 1. The Morgan fingerprint density at radius 2 is 2.07 bits per heavy atom. The van der Waals surface area contributed by atoms with Gasteiger partial charge in [0.2, 0.25) is 0 Å². The summed E-state index contributed by atoms with van der Waals surface area (Å²) in [6.07, 6.45) is 4.41. The van der Waals surface area contributed by atoms with Gasteiger partial charge in [0.15, 0.2) is 0 Å². The van der Waals surface area contributed by atoms with Crippen molar-refractivity contribution < 1.29 is 14.6 Å². The number of aryl methyl sites for hydroxylation is 1. The Hall–Kier alpha value is -2.38. The first-order valence-electron chi connectivity index (χ1n) is 10.3. The molecule has 1 saturated heterocycles. The van der Waals surface area contributed by atoms with E-state index in [1.165, 1.54) is 5.56 Å². The van der Waals surface area contributed by atoms with E-state index in [1.54, 1.807) is 13.3 Å². The summed E-state index contributed by atoms with van der Waals surface area (Å²) < 4.78 is 5.20. The summed E-state index contributed by atoms with van der Waals surface area (Å²) in [5, 5.41) is 18.1. The molecule has 29 heavy (non-hydrogen) atoms. The van der Waals surface area contributed by atoms with Crippen molar-refractivity contribution in [1.82, 2.24) is 20.0 Å². The number of nitrogens with zero attached hydrogens (tertiary/aromatic N) is 3. The Kier molecular flexibility index (Phi) is 6.92. The molecular formula is C22H32N4O3. The third-order valence-electron chi connectivity index (χ3n) is 5.68. The van der Waals surface area contributed by atoms with Gasteiger partial charge in [-0.25, -0.2) is 0 Å². The first kappa shape index (κ1) is 21.3. The number of amides is 1. The van der Waals surface area contributed by atoms with E-state index in [0.29, 0.717) is 38.0 Å². The van der Waals surface area contributed by atoms with E-state index in [2.05, 4.69) is 15.1 Å². The third kappa shape index (κ3) is 5.36. The van der Waals surface area contributed by atoms with E-state index in [0.717, 1.165) is 30.8 Å². The van der Waals surface area contributed by atoms with Gasteiger partial charge < -0.3 is 14.7 Å². The average molecular weight is 401 g/mol. The minimum absolute atomic E-state index is 0.00596. The highest BCUT2D eigenvalue weighted by molar-refractivity contribution is 5.95. The van der Waals surface area contributed by atoms with Gasteiger partial charge in [0.25, 0.3) is 5.91 Å². The van der Waals surface area contributed by atoms with E-state index in [1.807, 2.05) is 43.1 Å². The number of methoxy groups -OCH3 is 1. The zero-order valence-electron chi connectivity index (χ0n) is 17.6. The lowest BCUT2D eigenvalue weighted by Gasteiger charge is -2.31. The molecule has 0 radical (unpaired) electrons. The molecule has 1 atom stereocenters. The predicted octanol–water partition coefficient (Wildman–Crippen LogP) is 2.47. The number of likely N-dealkylation sites (tertiary alicyclic amines) is 1. The standard InChI is InChI=1S/C22H32N4O3/c1-4-20-19(14-23-24-20)21(27)26-12-5-10-22(28,11-13-26)16-25(2)15-17-6-8-18(29-3)9-7-17/h6-9,14,28H,4-5,10-13,15-16H2,1-3H3,(H,23,24)/t22-/m1/s1. The molecular weight excluding hydrogens is 368 g/mol. The minimum atomic E-state index is -0.791. The number of benzene rings is 1. The fourth-order valence-corrected chi connectivity index (χ4v) is 4.08. The summed E-state index contributed by atoms with van der Waals surface area (Å²) >= 11 is 0. The van der Waals surface area contributed by atoms with E-state index in [9.17, 15) is 9.90 Å². The number of aromatic amines is 1. The van der Waals surface area contributed by atoms with Gasteiger partial charge in [-0.2, -0.15) is 5.10 Å². The number of carbonyl (C=O) groups excluding carboxylic acids is 1. The summed E-state index contributed by atoms with van der Waals surface area (Å²) in [5.74, 6) is 0.846. The fourth-order valence-electron chi connectivity index (χ4n) is 4.08. The topological polar surface area (TPSA) is 81.7 Å². The van der Waals surface area contributed by atoms with E-state index in [4.69, 9.17) is 4.74 Å². The molecule has 158 valence electrons. The molecule has 0 unspecified atom stereocenters. The normalized spacial score (nSPS) is 20.0. The molecule has 0 spiro atoms. The molecule has 1 amide bonds. The molecule has 1 aliphatic rings. The number of rotatable bonds is 7. The first-order chi connectivity index (χ1) is 13.9. The number of nitrogens with one attached hydrogen (secondary N) is 1. The summed E-state index contributed by atoms with van der Waals surface area (Å²) in [4.78, 5) is 16.9. The number of likely N-dealkylation sites (N-methyl/N-ethyl adjacent to an activating group) is 1. The van der Waals surface area contributed by atoms with Gasteiger partial charge in [0.05, 0.1) is 24.5 Å². The maximum absolute atomic E-state index is 12.9. The molecule has 0 aliphatic carbocycles. The lowest BCUT2D eigenvalue weighted by Crippen LogP contribution is -2.42. The van der Waals surface area contributed by atoms with Crippen molar-refractivity contribution in [2.24, 2.45) is 0 Å².